The number of benzene rings is 2. The van der Waals surface area contributed by atoms with Gasteiger partial charge in [0.05, 0.1) is 11.4 Å². The molecule has 0 atom stereocenters. The minimum absolute atomic E-state index is 0.103. The summed E-state index contributed by atoms with van der Waals surface area (Å²) in [7, 11) is 0. The van der Waals surface area contributed by atoms with E-state index in [4.69, 9.17) is 0 Å². The van der Waals surface area contributed by atoms with Crippen LogP contribution in [0.15, 0.2) is 85.3 Å². The highest BCUT2D eigenvalue weighted by Gasteiger charge is 2.13. The minimum Gasteiger partial charge on any atom is -0.322 e. The molecule has 0 spiro atoms. The van der Waals surface area contributed by atoms with Crippen LogP contribution in [0.5, 0.6) is 0 Å². The van der Waals surface area contributed by atoms with Gasteiger partial charge in [0.15, 0.2) is 5.65 Å². The summed E-state index contributed by atoms with van der Waals surface area (Å²) in [6.07, 6.45) is 5.08. The number of pyridine rings is 1. The fourth-order valence-electron chi connectivity index (χ4n) is 3.42. The molecule has 32 heavy (non-hydrogen) atoms. The molecule has 5 aromatic rings. The Kier molecular flexibility index (Phi) is 4.87. The number of amides is 1. The predicted octanol–water partition coefficient (Wildman–Crippen LogP) is 4.99. The lowest BCUT2D eigenvalue weighted by molar-refractivity contribution is 0.102. The Morgan fingerprint density at radius 2 is 1.62 bits per heavy atom. The number of rotatable bonds is 4. The monoisotopic (exact) mass is 427 g/mol. The third-order valence-electron chi connectivity index (χ3n) is 4.87. The number of aromatic nitrogens is 4. The summed E-state index contributed by atoms with van der Waals surface area (Å²) in [6.45, 7) is 0. The number of hydrogen-bond acceptors (Lipinski definition) is 4. The first-order valence-electron chi connectivity index (χ1n) is 9.70. The van der Waals surface area contributed by atoms with Crippen LogP contribution in [0.3, 0.4) is 0 Å². The van der Waals surface area contributed by atoms with Crippen molar-refractivity contribution >= 4 is 17.2 Å². The van der Waals surface area contributed by atoms with Gasteiger partial charge in [-0.1, -0.05) is 12.1 Å². The van der Waals surface area contributed by atoms with Crippen LogP contribution in [0, 0.1) is 11.6 Å². The molecule has 0 aliphatic rings. The predicted molar refractivity (Wildman–Crippen MR) is 116 cm³/mol. The zero-order valence-electron chi connectivity index (χ0n) is 16.5. The zero-order chi connectivity index (χ0) is 22.1. The highest BCUT2D eigenvalue weighted by molar-refractivity contribution is 6.04. The van der Waals surface area contributed by atoms with E-state index < -0.39 is 17.5 Å². The Morgan fingerprint density at radius 3 is 2.41 bits per heavy atom. The maximum atomic E-state index is 13.4. The molecule has 8 heteroatoms. The lowest BCUT2D eigenvalue weighted by Gasteiger charge is -2.09. The molecule has 0 saturated heterocycles. The Labute approximate surface area is 181 Å². The number of nitrogens with one attached hydrogen (secondary N) is 1. The van der Waals surface area contributed by atoms with E-state index in [2.05, 4.69) is 20.4 Å². The van der Waals surface area contributed by atoms with Crippen molar-refractivity contribution in [2.24, 2.45) is 0 Å². The lowest BCUT2D eigenvalue weighted by atomic mass is 10.1. The van der Waals surface area contributed by atoms with E-state index in [0.717, 1.165) is 40.7 Å². The lowest BCUT2D eigenvalue weighted by Crippen LogP contribution is -2.12. The van der Waals surface area contributed by atoms with E-state index in [0.29, 0.717) is 11.3 Å². The highest BCUT2D eigenvalue weighted by atomic mass is 19.1. The molecular formula is C24H15F2N5O. The van der Waals surface area contributed by atoms with E-state index >= 15 is 0 Å². The maximum Gasteiger partial charge on any atom is 0.255 e. The first-order chi connectivity index (χ1) is 15.6. The summed E-state index contributed by atoms with van der Waals surface area (Å²) in [4.78, 5) is 20.9. The Hall–Kier alpha value is -4.46. The van der Waals surface area contributed by atoms with Crippen LogP contribution in [-0.4, -0.2) is 25.5 Å². The summed E-state index contributed by atoms with van der Waals surface area (Å²) in [5, 5.41) is 7.35. The molecule has 0 aliphatic carbocycles. The van der Waals surface area contributed by atoms with Crippen molar-refractivity contribution in [2.75, 3.05) is 5.32 Å². The molecule has 0 unspecified atom stereocenters. The van der Waals surface area contributed by atoms with Gasteiger partial charge in [-0.05, 0) is 42.5 Å². The number of carbonyl (C=O) groups excluding carboxylic acids is 1. The quantitative estimate of drug-likeness (QED) is 0.439. The SMILES string of the molecule is O=C(Nc1cccc(-c2ccnc3cc(-c4ccncc4)nn23)c1)c1cc(F)cc(F)c1. The third-order valence-corrected chi connectivity index (χ3v) is 4.87. The van der Waals surface area contributed by atoms with Gasteiger partial charge in [0.25, 0.3) is 5.91 Å². The summed E-state index contributed by atoms with van der Waals surface area (Å²) in [5.41, 5.74) is 4.26. The number of carbonyl (C=O) groups is 1. The van der Waals surface area contributed by atoms with Gasteiger partial charge >= 0.3 is 0 Å². The molecule has 0 aliphatic heterocycles. The van der Waals surface area contributed by atoms with E-state index in [1.807, 2.05) is 30.3 Å². The molecule has 6 nitrogen and oxygen atoms in total. The molecule has 0 saturated carbocycles. The largest absolute Gasteiger partial charge is 0.322 e. The second-order valence-corrected chi connectivity index (χ2v) is 7.06. The fourth-order valence-corrected chi connectivity index (χ4v) is 3.42. The molecule has 1 N–H and O–H groups in total. The second-order valence-electron chi connectivity index (χ2n) is 7.06. The van der Waals surface area contributed by atoms with Gasteiger partial charge in [-0.15, -0.1) is 0 Å². The van der Waals surface area contributed by atoms with E-state index in [9.17, 15) is 13.6 Å². The molecule has 3 heterocycles. The van der Waals surface area contributed by atoms with Crippen LogP contribution < -0.4 is 5.32 Å². The highest BCUT2D eigenvalue weighted by Crippen LogP contribution is 2.26. The van der Waals surface area contributed by atoms with Crippen LogP contribution >= 0.6 is 0 Å². The molecular weight excluding hydrogens is 412 g/mol. The maximum absolute atomic E-state index is 13.4. The zero-order valence-corrected chi connectivity index (χ0v) is 16.5. The molecule has 0 radical (unpaired) electrons. The van der Waals surface area contributed by atoms with Crippen molar-refractivity contribution in [3.05, 3.63) is 103 Å². The average Bonchev–Trinajstić information content (AvgIpc) is 3.24. The fraction of sp³-hybridized carbons (Fsp3) is 0. The van der Waals surface area contributed by atoms with Crippen LogP contribution in [0.1, 0.15) is 10.4 Å². The van der Waals surface area contributed by atoms with Crippen molar-refractivity contribution in [1.29, 1.82) is 0 Å². The summed E-state index contributed by atoms with van der Waals surface area (Å²) >= 11 is 0. The van der Waals surface area contributed by atoms with Gasteiger partial charge in [0.2, 0.25) is 0 Å². The molecule has 3 aromatic heterocycles. The van der Waals surface area contributed by atoms with Crippen LogP contribution in [-0.2, 0) is 0 Å². The topological polar surface area (TPSA) is 72.2 Å². The Morgan fingerprint density at radius 1 is 0.844 bits per heavy atom. The summed E-state index contributed by atoms with van der Waals surface area (Å²) in [5.74, 6) is -2.24. The molecule has 1 amide bonds. The number of hydrogen-bond donors (Lipinski definition) is 1. The standard InChI is InChI=1S/C24H15F2N5O/c25-18-10-17(11-19(26)13-18)24(32)29-20-3-1-2-16(12-20)22-6-9-28-23-14-21(30-31(22)23)15-4-7-27-8-5-15/h1-14H,(H,29,32). The van der Waals surface area contributed by atoms with Crippen molar-refractivity contribution in [3.8, 4) is 22.5 Å². The van der Waals surface area contributed by atoms with Gasteiger partial charge in [-0.3, -0.25) is 9.78 Å². The average molecular weight is 427 g/mol. The van der Waals surface area contributed by atoms with Gasteiger partial charge < -0.3 is 5.32 Å². The smallest absolute Gasteiger partial charge is 0.255 e. The molecule has 5 rings (SSSR count). The minimum atomic E-state index is -0.813. The second kappa shape index (κ2) is 7.99. The first-order valence-corrected chi connectivity index (χ1v) is 9.70. The Bertz CT molecular complexity index is 1430. The van der Waals surface area contributed by atoms with Gasteiger partial charge in [-0.2, -0.15) is 5.10 Å². The molecule has 0 bridgehead atoms. The number of nitrogens with zero attached hydrogens (tertiary/aromatic N) is 4. The summed E-state index contributed by atoms with van der Waals surface area (Å²) < 4.78 is 28.6. The number of halogens is 2. The first kappa shape index (κ1) is 19.5. The molecule has 0 fully saturated rings. The third kappa shape index (κ3) is 3.81. The van der Waals surface area contributed by atoms with Crippen LogP contribution in [0.25, 0.3) is 28.2 Å². The van der Waals surface area contributed by atoms with Gasteiger partial charge in [0, 0.05) is 53.1 Å². The number of fused-ring (bicyclic) bond motifs is 1. The van der Waals surface area contributed by atoms with E-state index in [1.165, 1.54) is 0 Å². The van der Waals surface area contributed by atoms with Crippen molar-refractivity contribution < 1.29 is 13.6 Å². The molecule has 2 aromatic carbocycles. The number of anilines is 1. The van der Waals surface area contributed by atoms with Crippen LogP contribution in [0.4, 0.5) is 14.5 Å². The van der Waals surface area contributed by atoms with Gasteiger partial charge in [0.1, 0.15) is 11.6 Å². The van der Waals surface area contributed by atoms with Crippen molar-refractivity contribution in [3.63, 3.8) is 0 Å². The van der Waals surface area contributed by atoms with Gasteiger partial charge in [-0.25, -0.2) is 18.3 Å². The molecule has 156 valence electrons. The van der Waals surface area contributed by atoms with Crippen LogP contribution in [0.2, 0.25) is 0 Å². The Balaban J connectivity index is 1.49. The van der Waals surface area contributed by atoms with Crippen molar-refractivity contribution in [2.45, 2.75) is 0 Å². The van der Waals surface area contributed by atoms with Crippen molar-refractivity contribution in [1.82, 2.24) is 19.6 Å². The van der Waals surface area contributed by atoms with E-state index in [-0.39, 0.29) is 5.56 Å². The summed E-state index contributed by atoms with van der Waals surface area (Å²) in [6, 6.07) is 17.2. The van der Waals surface area contributed by atoms with E-state index in [1.54, 1.807) is 41.3 Å². The normalized spacial score (nSPS) is 10.9.